The second kappa shape index (κ2) is 3.81. The summed E-state index contributed by atoms with van der Waals surface area (Å²) < 4.78 is 11.9. The van der Waals surface area contributed by atoms with Crippen molar-refractivity contribution in [1.82, 2.24) is 0 Å². The van der Waals surface area contributed by atoms with Crippen molar-refractivity contribution in [2.45, 2.75) is 12.6 Å². The van der Waals surface area contributed by atoms with E-state index < -0.39 is 6.17 Å². The molecular weight excluding hydrogens is 93.1 g/mol. The molecule has 0 rings (SSSR count). The Morgan fingerprint density at radius 1 is 1.86 bits per heavy atom. The van der Waals surface area contributed by atoms with E-state index in [1.165, 1.54) is 6.08 Å². The van der Waals surface area contributed by atoms with Crippen LogP contribution in [0, 0.1) is 0 Å². The molecule has 2 heteroatoms. The van der Waals surface area contributed by atoms with Crippen LogP contribution in [0.1, 0.15) is 6.42 Å². The predicted molar refractivity (Wildman–Crippen MR) is 28.8 cm³/mol. The molecular formula is C5H10FN. The summed E-state index contributed by atoms with van der Waals surface area (Å²) in [7, 11) is 0. The van der Waals surface area contributed by atoms with E-state index in [4.69, 9.17) is 5.73 Å². The molecule has 0 heterocycles. The van der Waals surface area contributed by atoms with Gasteiger partial charge in [0.25, 0.3) is 0 Å². The van der Waals surface area contributed by atoms with Gasteiger partial charge in [0, 0.05) is 6.54 Å². The number of rotatable bonds is 3. The van der Waals surface area contributed by atoms with E-state index in [2.05, 4.69) is 6.58 Å². The molecule has 7 heavy (non-hydrogen) atoms. The molecule has 2 N–H and O–H groups in total. The molecule has 0 aromatic carbocycles. The number of nitrogens with two attached hydrogens (primary N) is 1. The van der Waals surface area contributed by atoms with Gasteiger partial charge >= 0.3 is 0 Å². The lowest BCUT2D eigenvalue weighted by Gasteiger charge is -1.95. The van der Waals surface area contributed by atoms with Crippen LogP contribution in [0.3, 0.4) is 0 Å². The molecule has 0 aromatic rings. The zero-order valence-corrected chi connectivity index (χ0v) is 4.23. The molecule has 42 valence electrons. The Labute approximate surface area is 43.0 Å². The van der Waals surface area contributed by atoms with Crippen LogP contribution in [-0.4, -0.2) is 12.7 Å². The van der Waals surface area contributed by atoms with Crippen molar-refractivity contribution in [1.29, 1.82) is 0 Å². The molecule has 0 spiro atoms. The number of halogens is 1. The Hall–Kier alpha value is -0.370. The first kappa shape index (κ1) is 6.63. The van der Waals surface area contributed by atoms with Crippen LogP contribution in [0.2, 0.25) is 0 Å². The van der Waals surface area contributed by atoms with E-state index in [1.54, 1.807) is 0 Å². The van der Waals surface area contributed by atoms with Crippen LogP contribution in [-0.2, 0) is 0 Å². The van der Waals surface area contributed by atoms with Crippen molar-refractivity contribution >= 4 is 0 Å². The average molecular weight is 103 g/mol. The zero-order chi connectivity index (χ0) is 5.70. The van der Waals surface area contributed by atoms with Crippen molar-refractivity contribution in [3.8, 4) is 0 Å². The van der Waals surface area contributed by atoms with Gasteiger partial charge in [0.1, 0.15) is 6.17 Å². The minimum absolute atomic E-state index is 0.103. The summed E-state index contributed by atoms with van der Waals surface area (Å²) in [6.45, 7) is 3.46. The topological polar surface area (TPSA) is 26.0 Å². The van der Waals surface area contributed by atoms with Crippen LogP contribution in [0.25, 0.3) is 0 Å². The smallest absolute Gasteiger partial charge is 0.116 e. The molecule has 0 aliphatic heterocycles. The SMILES string of the molecule is C=CC[C@@H](F)CN. The van der Waals surface area contributed by atoms with E-state index in [9.17, 15) is 4.39 Å². The summed E-state index contributed by atoms with van der Waals surface area (Å²) in [5.74, 6) is 0. The van der Waals surface area contributed by atoms with Gasteiger partial charge in [-0.25, -0.2) is 4.39 Å². The lowest BCUT2D eigenvalue weighted by Crippen LogP contribution is -2.13. The summed E-state index contributed by atoms with van der Waals surface area (Å²) in [6, 6.07) is 0. The summed E-state index contributed by atoms with van der Waals surface area (Å²) >= 11 is 0. The predicted octanol–water partition coefficient (Wildman–Crippen LogP) is 0.859. The number of alkyl halides is 1. The van der Waals surface area contributed by atoms with Gasteiger partial charge < -0.3 is 5.73 Å². The van der Waals surface area contributed by atoms with Gasteiger partial charge in [0.2, 0.25) is 0 Å². The fourth-order valence-electron chi connectivity index (χ4n) is 0.277. The standard InChI is InChI=1S/C5H10FN/c1-2-3-5(6)4-7/h2,5H,1,3-4,7H2/t5-/m1/s1. The first-order chi connectivity index (χ1) is 3.31. The van der Waals surface area contributed by atoms with Gasteiger partial charge in [-0.15, -0.1) is 6.58 Å². The van der Waals surface area contributed by atoms with Gasteiger partial charge in [0.15, 0.2) is 0 Å². The second-order valence-corrected chi connectivity index (χ2v) is 1.36. The third kappa shape index (κ3) is 3.46. The fraction of sp³-hybridized carbons (Fsp3) is 0.600. The maximum Gasteiger partial charge on any atom is 0.116 e. The average Bonchev–Trinajstić information content (AvgIpc) is 1.68. The minimum Gasteiger partial charge on any atom is -0.328 e. The summed E-state index contributed by atoms with van der Waals surface area (Å²) in [4.78, 5) is 0. The van der Waals surface area contributed by atoms with Gasteiger partial charge in [-0.3, -0.25) is 0 Å². The van der Waals surface area contributed by atoms with E-state index >= 15 is 0 Å². The van der Waals surface area contributed by atoms with Crippen molar-refractivity contribution in [2.75, 3.05) is 6.54 Å². The third-order valence-corrected chi connectivity index (χ3v) is 0.678. The summed E-state index contributed by atoms with van der Waals surface area (Å²) in [6.07, 6.45) is 1.01. The normalized spacial score (nSPS) is 13.4. The summed E-state index contributed by atoms with van der Waals surface area (Å²) in [5, 5.41) is 0. The zero-order valence-electron chi connectivity index (χ0n) is 4.23. The van der Waals surface area contributed by atoms with Crippen LogP contribution < -0.4 is 5.73 Å². The molecule has 1 nitrogen and oxygen atoms in total. The van der Waals surface area contributed by atoms with E-state index in [1.807, 2.05) is 0 Å². The molecule has 0 radical (unpaired) electrons. The molecule has 0 saturated heterocycles. The fourth-order valence-corrected chi connectivity index (χ4v) is 0.277. The van der Waals surface area contributed by atoms with Gasteiger partial charge in [-0.2, -0.15) is 0 Å². The molecule has 0 amide bonds. The Balaban J connectivity index is 2.98. The van der Waals surface area contributed by atoms with Crippen LogP contribution >= 0.6 is 0 Å². The monoisotopic (exact) mass is 103 g/mol. The second-order valence-electron chi connectivity index (χ2n) is 1.36. The first-order valence-corrected chi connectivity index (χ1v) is 2.26. The Kier molecular flexibility index (Phi) is 3.61. The van der Waals surface area contributed by atoms with Crippen LogP contribution in [0.4, 0.5) is 4.39 Å². The summed E-state index contributed by atoms with van der Waals surface area (Å²) in [5.41, 5.74) is 4.94. The molecule has 1 atom stereocenters. The molecule has 0 fully saturated rings. The highest BCUT2D eigenvalue weighted by Gasteiger charge is 1.96. The molecule has 0 bridgehead atoms. The van der Waals surface area contributed by atoms with Crippen molar-refractivity contribution in [3.05, 3.63) is 12.7 Å². The van der Waals surface area contributed by atoms with Gasteiger partial charge in [0.05, 0.1) is 0 Å². The maximum absolute atomic E-state index is 11.9. The van der Waals surface area contributed by atoms with Gasteiger partial charge in [-0.1, -0.05) is 6.08 Å². The Morgan fingerprint density at radius 2 is 2.43 bits per heavy atom. The van der Waals surface area contributed by atoms with Gasteiger partial charge in [-0.05, 0) is 6.42 Å². The molecule has 0 aliphatic carbocycles. The Morgan fingerprint density at radius 3 is 2.57 bits per heavy atom. The molecule has 0 aliphatic rings. The number of hydrogen-bond donors (Lipinski definition) is 1. The number of hydrogen-bond acceptors (Lipinski definition) is 1. The quantitative estimate of drug-likeness (QED) is 0.527. The maximum atomic E-state index is 11.9. The number of allylic oxidation sites excluding steroid dienone is 1. The van der Waals surface area contributed by atoms with Crippen molar-refractivity contribution < 1.29 is 4.39 Å². The minimum atomic E-state index is -0.891. The lowest BCUT2D eigenvalue weighted by atomic mass is 10.3. The molecule has 0 aromatic heterocycles. The molecule has 0 saturated carbocycles. The largest absolute Gasteiger partial charge is 0.328 e. The van der Waals surface area contributed by atoms with Crippen molar-refractivity contribution in [3.63, 3.8) is 0 Å². The van der Waals surface area contributed by atoms with Crippen molar-refractivity contribution in [2.24, 2.45) is 5.73 Å². The third-order valence-electron chi connectivity index (χ3n) is 0.678. The Bertz CT molecular complexity index is 54.0. The molecule has 0 unspecified atom stereocenters. The lowest BCUT2D eigenvalue weighted by molar-refractivity contribution is 0.345. The van der Waals surface area contributed by atoms with E-state index in [0.717, 1.165) is 0 Å². The first-order valence-electron chi connectivity index (χ1n) is 2.26. The highest BCUT2D eigenvalue weighted by molar-refractivity contribution is 4.72. The van der Waals surface area contributed by atoms with E-state index in [-0.39, 0.29) is 6.54 Å². The van der Waals surface area contributed by atoms with Crippen LogP contribution in [0.5, 0.6) is 0 Å². The highest BCUT2D eigenvalue weighted by Crippen LogP contribution is 1.93. The van der Waals surface area contributed by atoms with E-state index in [0.29, 0.717) is 6.42 Å². The highest BCUT2D eigenvalue weighted by atomic mass is 19.1. The van der Waals surface area contributed by atoms with Crippen LogP contribution in [0.15, 0.2) is 12.7 Å².